The van der Waals surface area contributed by atoms with E-state index >= 15 is 0 Å². The Kier molecular flexibility index (Phi) is 6.37. The van der Waals surface area contributed by atoms with Crippen LogP contribution in [0.4, 0.5) is 0 Å². The lowest BCUT2D eigenvalue weighted by Gasteiger charge is -2.35. The largest absolute Gasteiger partial charge is 0.484 e. The summed E-state index contributed by atoms with van der Waals surface area (Å²) >= 11 is 3.92. The fourth-order valence-electron chi connectivity index (χ4n) is 2.98. The number of thioether (sulfide) groups is 2. The van der Waals surface area contributed by atoms with E-state index in [4.69, 9.17) is 9.84 Å². The molecule has 0 aromatic heterocycles. The fraction of sp³-hybridized carbons (Fsp3) is 0.556. The number of carboxylic acid groups (broad SMARTS) is 1. The Bertz CT molecular complexity index is 637. The highest BCUT2D eigenvalue weighted by molar-refractivity contribution is 8.16. The van der Waals surface area contributed by atoms with Gasteiger partial charge in [-0.05, 0) is 35.6 Å². The molecule has 0 aliphatic carbocycles. The average molecular weight is 398 g/mol. The lowest BCUT2D eigenvalue weighted by Crippen LogP contribution is -2.51. The van der Waals surface area contributed by atoms with Crippen molar-refractivity contribution in [2.75, 3.05) is 31.2 Å². The molecule has 3 rings (SSSR count). The molecule has 2 aliphatic heterocycles. The maximum absolute atomic E-state index is 12.2. The highest BCUT2D eigenvalue weighted by atomic mass is 32.2. The first-order valence-electron chi connectivity index (χ1n) is 8.67. The van der Waals surface area contributed by atoms with Gasteiger partial charge in [-0.1, -0.05) is 12.1 Å². The van der Waals surface area contributed by atoms with Crippen molar-refractivity contribution in [3.63, 3.8) is 0 Å². The van der Waals surface area contributed by atoms with Crippen LogP contribution in [-0.2, 0) is 9.59 Å². The van der Waals surface area contributed by atoms with Crippen LogP contribution in [0.3, 0.4) is 0 Å². The smallest absolute Gasteiger partial charge is 0.335 e. The van der Waals surface area contributed by atoms with Gasteiger partial charge in [-0.15, -0.1) is 23.5 Å². The number of likely N-dealkylation sites (tertiary alicyclic amines) is 1. The summed E-state index contributed by atoms with van der Waals surface area (Å²) < 4.78 is 6.05. The van der Waals surface area contributed by atoms with Gasteiger partial charge in [0.1, 0.15) is 5.75 Å². The molecule has 1 amide bonds. The summed E-state index contributed by atoms with van der Waals surface area (Å²) in [7, 11) is 0. The summed E-state index contributed by atoms with van der Waals surface area (Å²) in [5, 5.41) is 18.9. The second-order valence-corrected chi connectivity index (χ2v) is 9.23. The van der Waals surface area contributed by atoms with E-state index in [0.717, 1.165) is 0 Å². The van der Waals surface area contributed by atoms with Crippen LogP contribution in [0.1, 0.15) is 29.4 Å². The van der Waals surface area contributed by atoms with E-state index in [1.165, 1.54) is 23.5 Å². The first kappa shape index (κ1) is 19.4. The highest BCUT2D eigenvalue weighted by Crippen LogP contribution is 2.43. The van der Waals surface area contributed by atoms with Crippen molar-refractivity contribution in [2.24, 2.45) is 0 Å². The molecule has 1 aromatic carbocycles. The van der Waals surface area contributed by atoms with Gasteiger partial charge in [0.15, 0.2) is 12.2 Å². The molecule has 2 heterocycles. The van der Waals surface area contributed by atoms with E-state index in [-0.39, 0.29) is 38.4 Å². The number of rotatable bonds is 5. The molecule has 2 aliphatic rings. The third-order valence-electron chi connectivity index (χ3n) is 4.68. The predicted molar refractivity (Wildman–Crippen MR) is 103 cm³/mol. The zero-order chi connectivity index (χ0) is 18.6. The molecule has 26 heavy (non-hydrogen) atoms. The quantitative estimate of drug-likeness (QED) is 0.789. The topological polar surface area (TPSA) is 87.1 Å². The minimum absolute atomic E-state index is 0.0412. The number of hydrogen-bond donors (Lipinski definition) is 2. The van der Waals surface area contributed by atoms with Gasteiger partial charge in [0.05, 0.1) is 4.58 Å². The van der Waals surface area contributed by atoms with E-state index in [2.05, 4.69) is 0 Å². The normalized spacial score (nSPS) is 20.6. The first-order valence-corrected chi connectivity index (χ1v) is 10.8. The zero-order valence-electron chi connectivity index (χ0n) is 14.4. The summed E-state index contributed by atoms with van der Waals surface area (Å²) in [6.07, 6.45) is 1.34. The molecular formula is C18H23NO5S2. The maximum atomic E-state index is 12.2. The van der Waals surface area contributed by atoms with Crippen LogP contribution in [0.2, 0.25) is 0 Å². The number of amides is 1. The van der Waals surface area contributed by atoms with Gasteiger partial charge in [-0.3, -0.25) is 4.79 Å². The van der Waals surface area contributed by atoms with Crippen LogP contribution in [0.5, 0.6) is 5.75 Å². The third kappa shape index (κ3) is 4.66. The number of aliphatic hydroxyl groups is 1. The van der Waals surface area contributed by atoms with Crippen LogP contribution in [0.15, 0.2) is 24.3 Å². The summed E-state index contributed by atoms with van der Waals surface area (Å²) in [6.45, 7) is 0.359. The van der Waals surface area contributed by atoms with Crippen molar-refractivity contribution < 1.29 is 24.5 Å². The SMILES string of the molecule is O=C(COc1ccc(C2SCCCS2)cc1)N1CCC(O)(C(=O)O)CC1. The third-order valence-corrected chi connectivity index (χ3v) is 7.70. The lowest BCUT2D eigenvalue weighted by molar-refractivity contribution is -0.165. The Labute approximate surface area is 161 Å². The predicted octanol–water partition coefficient (Wildman–Crippen LogP) is 2.37. The van der Waals surface area contributed by atoms with E-state index in [9.17, 15) is 14.7 Å². The minimum atomic E-state index is -1.72. The summed E-state index contributed by atoms with van der Waals surface area (Å²) in [5.74, 6) is 1.61. The summed E-state index contributed by atoms with van der Waals surface area (Å²) in [4.78, 5) is 24.8. The van der Waals surface area contributed by atoms with Gasteiger partial charge < -0.3 is 19.8 Å². The minimum Gasteiger partial charge on any atom is -0.484 e. The summed E-state index contributed by atoms with van der Waals surface area (Å²) in [5.41, 5.74) is -0.454. The second-order valence-electron chi connectivity index (χ2n) is 6.50. The van der Waals surface area contributed by atoms with Crippen molar-refractivity contribution in [3.05, 3.63) is 29.8 Å². The van der Waals surface area contributed by atoms with Gasteiger partial charge >= 0.3 is 5.97 Å². The van der Waals surface area contributed by atoms with E-state index in [0.29, 0.717) is 10.3 Å². The number of aliphatic carboxylic acids is 1. The molecule has 0 radical (unpaired) electrons. The molecule has 2 saturated heterocycles. The molecule has 2 fully saturated rings. The van der Waals surface area contributed by atoms with Gasteiger partial charge in [-0.25, -0.2) is 4.79 Å². The number of ether oxygens (including phenoxy) is 1. The Morgan fingerprint density at radius 1 is 1.15 bits per heavy atom. The number of benzene rings is 1. The van der Waals surface area contributed by atoms with Crippen molar-refractivity contribution >= 4 is 35.4 Å². The van der Waals surface area contributed by atoms with Crippen molar-refractivity contribution in [3.8, 4) is 5.75 Å². The number of hydrogen-bond acceptors (Lipinski definition) is 6. The molecule has 8 heteroatoms. The first-order chi connectivity index (χ1) is 12.5. The maximum Gasteiger partial charge on any atom is 0.335 e. The summed E-state index contributed by atoms with van der Waals surface area (Å²) in [6, 6.07) is 7.86. The molecule has 2 N–H and O–H groups in total. The number of carboxylic acids is 1. The van der Waals surface area contributed by atoms with Crippen LogP contribution in [0, 0.1) is 0 Å². The molecule has 0 saturated carbocycles. The Balaban J connectivity index is 1.46. The zero-order valence-corrected chi connectivity index (χ0v) is 16.1. The Morgan fingerprint density at radius 3 is 2.35 bits per heavy atom. The molecule has 0 atom stereocenters. The number of carbonyl (C=O) groups is 2. The van der Waals surface area contributed by atoms with Crippen LogP contribution in [0.25, 0.3) is 0 Å². The second kappa shape index (κ2) is 8.54. The number of piperidine rings is 1. The van der Waals surface area contributed by atoms with Gasteiger partial charge in [-0.2, -0.15) is 0 Å². The van der Waals surface area contributed by atoms with Gasteiger partial charge in [0.25, 0.3) is 5.91 Å². The van der Waals surface area contributed by atoms with E-state index < -0.39 is 11.6 Å². The van der Waals surface area contributed by atoms with E-state index in [1.54, 1.807) is 4.90 Å². The monoisotopic (exact) mass is 397 g/mol. The van der Waals surface area contributed by atoms with Crippen LogP contribution < -0.4 is 4.74 Å². The highest BCUT2D eigenvalue weighted by Gasteiger charge is 2.40. The molecular weight excluding hydrogens is 374 g/mol. The van der Waals surface area contributed by atoms with Crippen molar-refractivity contribution in [2.45, 2.75) is 29.4 Å². The molecule has 1 aromatic rings. The molecule has 142 valence electrons. The number of nitrogens with zero attached hydrogens (tertiary/aromatic N) is 1. The fourth-order valence-corrected chi connectivity index (χ4v) is 5.87. The van der Waals surface area contributed by atoms with Crippen LogP contribution >= 0.6 is 23.5 Å². The van der Waals surface area contributed by atoms with Crippen molar-refractivity contribution in [1.29, 1.82) is 0 Å². The van der Waals surface area contributed by atoms with Gasteiger partial charge in [0, 0.05) is 25.9 Å². The van der Waals surface area contributed by atoms with Crippen molar-refractivity contribution in [1.82, 2.24) is 4.90 Å². The molecule has 0 bridgehead atoms. The standard InChI is InChI=1S/C18H23NO5S2/c20-15(19-8-6-18(23,7-9-19)17(21)22)12-24-14-4-2-13(3-5-14)16-25-10-1-11-26-16/h2-5,16,23H,1,6-12H2,(H,21,22). The number of carbonyl (C=O) groups excluding carboxylic acids is 1. The van der Waals surface area contributed by atoms with Crippen LogP contribution in [-0.4, -0.2) is 63.8 Å². The molecule has 0 spiro atoms. The molecule has 0 unspecified atom stereocenters. The average Bonchev–Trinajstić information content (AvgIpc) is 2.67. The Hall–Kier alpha value is -1.38. The van der Waals surface area contributed by atoms with Gasteiger partial charge in [0.2, 0.25) is 0 Å². The molecule has 6 nitrogen and oxygen atoms in total. The van der Waals surface area contributed by atoms with E-state index in [1.807, 2.05) is 47.8 Å². The lowest BCUT2D eigenvalue weighted by atomic mass is 9.92. The Morgan fingerprint density at radius 2 is 1.77 bits per heavy atom.